The smallest absolute Gasteiger partial charge is 0.329 e. The third-order valence-corrected chi connectivity index (χ3v) is 8.39. The zero-order valence-corrected chi connectivity index (χ0v) is 25.5. The van der Waals surface area contributed by atoms with Crippen molar-refractivity contribution in [2.24, 2.45) is 5.92 Å². The van der Waals surface area contributed by atoms with Crippen molar-refractivity contribution in [2.75, 3.05) is 31.1 Å². The van der Waals surface area contributed by atoms with Crippen LogP contribution in [0.25, 0.3) is 10.9 Å². The standard InChI is InChI=1S/C32H32FN5O6S/c1-21(2)29(31(40)41)38(45(43)44)36-16-14-35(15-17-36)26-11-8-22(9-12-26)6-7-23-10-13-28-27(19-23)30(39)37(32(42)34-28)20-24-4-3-5-25(33)18-24/h3-5,8-13,18-19,21,29H,14-17,20H2,1-2H3,(H,34,42)(H,40,41)(H,43,44). The molecule has 2 unspecified atom stereocenters. The van der Waals surface area contributed by atoms with Crippen LogP contribution in [-0.4, -0.2) is 71.0 Å². The van der Waals surface area contributed by atoms with Gasteiger partial charge in [-0.2, -0.15) is 0 Å². The van der Waals surface area contributed by atoms with Crippen molar-refractivity contribution in [2.45, 2.75) is 26.4 Å². The summed E-state index contributed by atoms with van der Waals surface area (Å²) < 4.78 is 37.6. The number of fused-ring (bicyclic) bond motifs is 1. The van der Waals surface area contributed by atoms with Crippen LogP contribution >= 0.6 is 0 Å². The number of H-pyrrole nitrogens is 1. The molecule has 234 valence electrons. The van der Waals surface area contributed by atoms with E-state index < -0.39 is 40.3 Å². The Hall–Kier alpha value is -4.61. The molecule has 0 aliphatic carbocycles. The number of hydrazine groups is 1. The summed E-state index contributed by atoms with van der Waals surface area (Å²) in [5.74, 6) is 4.19. The van der Waals surface area contributed by atoms with Gasteiger partial charge < -0.3 is 15.0 Å². The summed E-state index contributed by atoms with van der Waals surface area (Å²) in [7, 11) is 0. The van der Waals surface area contributed by atoms with Crippen LogP contribution < -0.4 is 16.1 Å². The summed E-state index contributed by atoms with van der Waals surface area (Å²) in [6.07, 6.45) is 0. The number of hydrogen-bond donors (Lipinski definition) is 3. The maximum atomic E-state index is 13.6. The molecule has 1 aliphatic rings. The lowest BCUT2D eigenvalue weighted by Crippen LogP contribution is -2.60. The summed E-state index contributed by atoms with van der Waals surface area (Å²) in [4.78, 5) is 42.3. The van der Waals surface area contributed by atoms with Crippen molar-refractivity contribution in [3.05, 3.63) is 110 Å². The number of hydrogen-bond acceptors (Lipinski definition) is 6. The maximum Gasteiger partial charge on any atom is 0.329 e. The quantitative estimate of drug-likeness (QED) is 0.199. The van der Waals surface area contributed by atoms with E-state index in [4.69, 9.17) is 0 Å². The summed E-state index contributed by atoms with van der Waals surface area (Å²) in [5.41, 5.74) is 2.04. The molecule has 0 radical (unpaired) electrons. The van der Waals surface area contributed by atoms with Crippen molar-refractivity contribution in [1.82, 2.24) is 19.0 Å². The highest BCUT2D eigenvalue weighted by Crippen LogP contribution is 2.22. The van der Waals surface area contributed by atoms with E-state index in [9.17, 15) is 32.6 Å². The molecule has 1 fully saturated rings. The lowest BCUT2D eigenvalue weighted by atomic mass is 10.1. The van der Waals surface area contributed by atoms with E-state index in [1.54, 1.807) is 43.1 Å². The average molecular weight is 634 g/mol. The number of benzene rings is 3. The van der Waals surface area contributed by atoms with Crippen LogP contribution in [0.1, 0.15) is 30.5 Å². The number of anilines is 1. The molecule has 0 bridgehead atoms. The molecule has 11 nitrogen and oxygen atoms in total. The van der Waals surface area contributed by atoms with Gasteiger partial charge in [0.2, 0.25) is 11.3 Å². The normalized spacial score (nSPS) is 15.2. The minimum absolute atomic E-state index is 0.0703. The third kappa shape index (κ3) is 7.21. The van der Waals surface area contributed by atoms with Gasteiger partial charge in [0.05, 0.1) is 17.4 Å². The molecule has 3 N–H and O–H groups in total. The first-order valence-electron chi connectivity index (χ1n) is 14.3. The van der Waals surface area contributed by atoms with E-state index in [1.165, 1.54) is 18.2 Å². The summed E-state index contributed by atoms with van der Waals surface area (Å²) in [5, 5.41) is 11.5. The van der Waals surface area contributed by atoms with E-state index in [0.29, 0.717) is 48.2 Å². The van der Waals surface area contributed by atoms with Gasteiger partial charge in [-0.3, -0.25) is 18.7 Å². The summed E-state index contributed by atoms with van der Waals surface area (Å²) in [6, 6.07) is 17.2. The zero-order valence-electron chi connectivity index (χ0n) is 24.6. The molecule has 4 aromatic rings. The minimum Gasteiger partial charge on any atom is -0.480 e. The number of carboxylic acid groups (broad SMARTS) is 1. The second-order valence-corrected chi connectivity index (χ2v) is 11.8. The number of carbonyl (C=O) groups is 1. The molecule has 13 heteroatoms. The molecule has 5 rings (SSSR count). The number of aromatic amines is 1. The first kappa shape index (κ1) is 31.8. The van der Waals surface area contributed by atoms with E-state index in [1.807, 2.05) is 24.3 Å². The van der Waals surface area contributed by atoms with Crippen molar-refractivity contribution >= 4 is 33.8 Å². The van der Waals surface area contributed by atoms with E-state index in [-0.39, 0.29) is 12.5 Å². The van der Waals surface area contributed by atoms with E-state index >= 15 is 0 Å². The average Bonchev–Trinajstić information content (AvgIpc) is 3.01. The van der Waals surface area contributed by atoms with Crippen molar-refractivity contribution < 1.29 is 23.1 Å². The second kappa shape index (κ2) is 13.6. The number of carboxylic acids is 1. The Balaban J connectivity index is 1.28. The van der Waals surface area contributed by atoms with Gasteiger partial charge in [-0.1, -0.05) is 37.8 Å². The number of piperazine rings is 1. The fourth-order valence-corrected chi connectivity index (χ4v) is 6.24. The first-order valence-corrected chi connectivity index (χ1v) is 15.3. The Kier molecular flexibility index (Phi) is 9.60. The molecule has 1 saturated heterocycles. The number of halogens is 1. The lowest BCUT2D eigenvalue weighted by Gasteiger charge is -2.42. The summed E-state index contributed by atoms with van der Waals surface area (Å²) in [6.45, 7) is 5.14. The molecule has 0 saturated carbocycles. The van der Waals surface area contributed by atoms with Gasteiger partial charge >= 0.3 is 11.7 Å². The highest BCUT2D eigenvalue weighted by atomic mass is 32.2. The van der Waals surface area contributed by atoms with Gasteiger partial charge in [0.15, 0.2) is 0 Å². The van der Waals surface area contributed by atoms with Gasteiger partial charge in [0.1, 0.15) is 11.9 Å². The summed E-state index contributed by atoms with van der Waals surface area (Å²) >= 11 is -2.47. The molecular weight excluding hydrogens is 601 g/mol. The number of aromatic nitrogens is 2. The Labute approximate surface area is 260 Å². The number of nitrogens with zero attached hydrogens (tertiary/aromatic N) is 4. The molecule has 0 amide bonds. The molecule has 0 spiro atoms. The van der Waals surface area contributed by atoms with Crippen LogP contribution in [0.5, 0.6) is 0 Å². The van der Waals surface area contributed by atoms with Gasteiger partial charge in [-0.05, 0) is 66.1 Å². The predicted molar refractivity (Wildman–Crippen MR) is 169 cm³/mol. The molecule has 3 aromatic carbocycles. The molecule has 2 heterocycles. The van der Waals surface area contributed by atoms with E-state index in [0.717, 1.165) is 20.2 Å². The van der Waals surface area contributed by atoms with Crippen LogP contribution in [0.2, 0.25) is 0 Å². The van der Waals surface area contributed by atoms with Crippen molar-refractivity contribution in [3.63, 3.8) is 0 Å². The first-order chi connectivity index (χ1) is 21.5. The molecule has 2 atom stereocenters. The van der Waals surface area contributed by atoms with Crippen LogP contribution in [0.3, 0.4) is 0 Å². The van der Waals surface area contributed by atoms with Crippen LogP contribution in [0.4, 0.5) is 10.1 Å². The Morgan fingerprint density at radius 1 is 1.00 bits per heavy atom. The molecule has 45 heavy (non-hydrogen) atoms. The SMILES string of the molecule is CC(C)C(C(=O)O)N(N1CCN(c2ccc(C#Cc3ccc4[nH]c(=O)n(Cc5cccc(F)c5)c(=O)c4c3)cc2)CC1)S(=O)O. The topological polar surface area (TPSA) is 139 Å². The van der Waals surface area contributed by atoms with Gasteiger partial charge in [-0.25, -0.2) is 18.4 Å². The van der Waals surface area contributed by atoms with Gasteiger partial charge in [0, 0.05) is 43.0 Å². The van der Waals surface area contributed by atoms with Crippen molar-refractivity contribution in [3.8, 4) is 11.8 Å². The number of rotatable bonds is 8. The monoisotopic (exact) mass is 633 g/mol. The van der Waals surface area contributed by atoms with Crippen molar-refractivity contribution in [1.29, 1.82) is 0 Å². The number of nitrogens with one attached hydrogen (secondary N) is 1. The van der Waals surface area contributed by atoms with Crippen LogP contribution in [-0.2, 0) is 22.6 Å². The number of aliphatic carboxylic acids is 1. The van der Waals surface area contributed by atoms with Crippen LogP contribution in [0.15, 0.2) is 76.3 Å². The largest absolute Gasteiger partial charge is 0.480 e. The highest BCUT2D eigenvalue weighted by molar-refractivity contribution is 7.76. The highest BCUT2D eigenvalue weighted by Gasteiger charge is 2.38. The zero-order chi connectivity index (χ0) is 32.2. The fraction of sp³-hybridized carbons (Fsp3) is 0.281. The Morgan fingerprint density at radius 2 is 1.67 bits per heavy atom. The molecular formula is C32H32FN5O6S. The predicted octanol–water partition coefficient (Wildman–Crippen LogP) is 2.86. The Bertz CT molecular complexity index is 1920. The lowest BCUT2D eigenvalue weighted by molar-refractivity contribution is -0.148. The van der Waals surface area contributed by atoms with Crippen LogP contribution in [0, 0.1) is 23.6 Å². The van der Waals surface area contributed by atoms with Gasteiger partial charge in [-0.15, -0.1) is 4.41 Å². The van der Waals surface area contributed by atoms with E-state index in [2.05, 4.69) is 21.7 Å². The van der Waals surface area contributed by atoms with Gasteiger partial charge in [0.25, 0.3) is 5.56 Å². The molecule has 1 aromatic heterocycles. The molecule has 1 aliphatic heterocycles. The second-order valence-electron chi connectivity index (χ2n) is 11.0. The minimum atomic E-state index is -2.47. The maximum absolute atomic E-state index is 13.6. The fourth-order valence-electron chi connectivity index (χ4n) is 5.35. The third-order valence-electron chi connectivity index (χ3n) is 7.61. The Morgan fingerprint density at radius 3 is 2.29 bits per heavy atom.